The molecular weight excluding hydrogens is 2150 g/mol. The van der Waals surface area contributed by atoms with E-state index in [0.717, 1.165) is 48.7 Å². The monoisotopic (exact) mass is 2270 g/mol. The SMILES string of the molecule is C.C#CCCC(=O)CCc1ccc(Cn2c(=O)[nH]c3c(N)nc(OCCOC)nc32)cc1.COCCOc1nc(N)c2[nH]c(=O)n(Cc3ccc(CNC(=O)CCc4cn(CCOCCOCCOCCOP(C)(=O)O)nn4)cc3)c2n1.CP(=O)(O)O.CP(=O)(O)OCCOCCOCCOCCN=[N+]=[N-].C[PH](=O)O.O=[C-]OO.[Ag+].[Ag].[N-]=[N+]=NCCOCCOCCOCCCl.[O]=[Ag]. The van der Waals surface area contributed by atoms with Crippen LogP contribution in [0, 0.1) is 12.3 Å². The summed E-state index contributed by atoms with van der Waals surface area (Å²) in [4.78, 5) is 129. The Labute approximate surface area is 816 Å². The molecule has 0 fully saturated rings. The first-order valence-corrected chi connectivity index (χ1v) is 48.1. The van der Waals surface area contributed by atoms with Crippen molar-refractivity contribution in [1.82, 2.24) is 59.3 Å². The van der Waals surface area contributed by atoms with E-state index in [4.69, 9.17) is 144 Å². The summed E-state index contributed by atoms with van der Waals surface area (Å²) in [5.41, 5.74) is 33.0. The number of aryl methyl sites for hydroxylation is 2. The topological polar surface area (TPSA) is 725 Å². The van der Waals surface area contributed by atoms with Crippen molar-refractivity contribution < 1.29 is 207 Å². The number of ketones is 1. The van der Waals surface area contributed by atoms with Gasteiger partial charge in [0, 0.05) is 137 Å². The molecule has 3 atom stereocenters. The molecule has 764 valence electrons. The first-order valence-electron chi connectivity index (χ1n) is 39.0. The Kier molecular flexibility index (Phi) is 83.4. The van der Waals surface area contributed by atoms with Gasteiger partial charge in [0.15, 0.2) is 31.0 Å². The molecule has 13 N–H and O–H groups in total. The molecule has 1 amide bonds. The molecule has 0 aliphatic carbocycles. The fourth-order valence-corrected chi connectivity index (χ4v) is 10.2. The number of aromatic nitrogens is 11. The Bertz CT molecular complexity index is 4690. The van der Waals surface area contributed by atoms with Crippen molar-refractivity contribution in [1.29, 1.82) is 0 Å². The summed E-state index contributed by atoms with van der Waals surface area (Å²) >= 11 is 7.10. The number of methoxy groups -OCH3 is 2. The van der Waals surface area contributed by atoms with Crippen LogP contribution in [0.4, 0.5) is 11.6 Å². The van der Waals surface area contributed by atoms with Crippen LogP contribution in [0.2, 0.25) is 0 Å². The standard InChI is InChI=1S/C30H44N9O10P.C22H25N5O4.C9H20N3O6P.C8H16ClN3O3.CH5O3P.CHO3.CH5O2P.CH4.3Ag.O/c1-44-11-17-48-29-34-27(31)26-28(35-29)39(30(41)33-26)20-23-5-3-22(4-6-23)19-32-25(40)8-7-24-21-38(37-36-24)9-10-45-12-13-46-14-15-47-16-18-49-50(2,42)43;1-3-4-5-17(28)11-10-15-6-8-16(9-7-15)14-27-20-18(24-22(27)29)19(23)25-21(26-20)31-13-12-30-2;1-19(13,14)18-9-8-17-7-6-16-5-4-15-3-2-11-12-10;9-1-3-13-5-7-15-8-6-14-4-2-11-12-10;1-5(2,3)4;2-1-4-3;1-4(2)3;;;;;/h3-6,21H,7-20H2,1-2H3,(H,32,40)(H,33,41)(H,42,43)(H2,31,34,35);1,6-9H,4-5,10-14H2,2H3,(H,24,29)(H2,23,25,26);2-9H2,1H3,(H,13,14);1-8H2;1H3,(H2,2,3,4);3H;4H,1H3,(H,2,3);1H4;;;;/q;;;;;-1;;;;;+1;. The maximum atomic E-state index is 12.7. The molecule has 2 aromatic carbocycles. The van der Waals surface area contributed by atoms with Crippen molar-refractivity contribution in [3.63, 3.8) is 0 Å². The number of rotatable bonds is 60. The quantitative estimate of drug-likeness (QED) is 0.00207. The Hall–Kier alpha value is -7.26. The van der Waals surface area contributed by atoms with Crippen molar-refractivity contribution >= 4 is 94.5 Å². The van der Waals surface area contributed by atoms with E-state index in [0.29, 0.717) is 218 Å². The molecule has 7 aromatic rings. The zero-order chi connectivity index (χ0) is 97.1. The number of Topliss-reactive ketones (excluding diaryl/α,β-unsaturated/α-hetero) is 1. The maximum absolute atomic E-state index is 12.7. The average molecular weight is 2270 g/mol. The van der Waals surface area contributed by atoms with Crippen molar-refractivity contribution in [2.24, 2.45) is 10.2 Å². The molecule has 3 unspecified atom stereocenters. The van der Waals surface area contributed by atoms with Gasteiger partial charge in [-0.3, -0.25) is 37.0 Å². The molecular formula is C73H120Ag3ClN20O32P4. The van der Waals surface area contributed by atoms with Gasteiger partial charge in [-0.05, 0) is 46.2 Å². The Morgan fingerprint density at radius 1 is 0.609 bits per heavy atom. The first-order chi connectivity index (χ1) is 62.2. The van der Waals surface area contributed by atoms with Crippen LogP contribution in [0.25, 0.3) is 43.2 Å². The minimum atomic E-state index is -3.64. The number of aromatic amines is 2. The molecule has 1 radical (unpaired) electrons. The van der Waals surface area contributed by atoms with E-state index in [2.05, 4.69) is 80.9 Å². The number of azide groups is 2. The van der Waals surface area contributed by atoms with Crippen LogP contribution < -0.4 is 37.6 Å². The Balaban J connectivity index is -0.000000854. The van der Waals surface area contributed by atoms with Gasteiger partial charge in [-0.15, -0.1) is 29.0 Å². The Morgan fingerprint density at radius 3 is 1.33 bits per heavy atom. The predicted octanol–water partition coefficient (Wildman–Crippen LogP) is 4.88. The van der Waals surface area contributed by atoms with Gasteiger partial charge < -0.3 is 132 Å². The summed E-state index contributed by atoms with van der Waals surface area (Å²) in [6.45, 7) is 16.0. The first kappa shape index (κ1) is 132. The average Bonchev–Trinajstić information content (AvgIpc) is 1.64. The van der Waals surface area contributed by atoms with E-state index in [1.54, 1.807) is 46.1 Å². The zero-order valence-corrected chi connectivity index (χ0v) is 82.1. The number of imidazole rings is 2. The number of halogens is 1. The summed E-state index contributed by atoms with van der Waals surface area (Å²) in [5, 5.41) is 24.7. The van der Waals surface area contributed by atoms with Crippen molar-refractivity contribution in [3.05, 3.63) is 125 Å². The van der Waals surface area contributed by atoms with Gasteiger partial charge in [0.25, 0.3) is 0 Å². The normalized spacial score (nSPS) is 11.5. The third kappa shape index (κ3) is 73.6. The number of hydrogen-bond acceptors (Lipinski definition) is 37. The number of amides is 1. The predicted molar refractivity (Wildman–Crippen MR) is 474 cm³/mol. The summed E-state index contributed by atoms with van der Waals surface area (Å²) in [6.07, 6.45) is 9.69. The minimum absolute atomic E-state index is 0. The zero-order valence-electron chi connectivity index (χ0n) is 73.2. The number of nitrogens with zero attached hydrogens (tertiary/aromatic N) is 15. The number of fused-ring (bicyclic) bond motifs is 2. The third-order valence-corrected chi connectivity index (χ3v) is 16.3. The molecule has 60 heteroatoms. The fraction of sp³-hybridized carbons (Fsp3) is 0.603. The number of nitrogens with two attached hydrogens (primary N) is 2. The van der Waals surface area contributed by atoms with Gasteiger partial charge in [-0.1, -0.05) is 71.4 Å². The molecule has 0 bridgehead atoms. The summed E-state index contributed by atoms with van der Waals surface area (Å²) in [5.74, 6) is 3.27. The van der Waals surface area contributed by atoms with Crippen LogP contribution in [0.3, 0.4) is 0 Å². The van der Waals surface area contributed by atoms with E-state index < -0.39 is 30.8 Å². The van der Waals surface area contributed by atoms with Crippen LogP contribution in [-0.4, -0.2) is 320 Å². The number of alkyl halides is 1. The van der Waals surface area contributed by atoms with Crippen molar-refractivity contribution in [3.8, 4) is 24.4 Å². The summed E-state index contributed by atoms with van der Waals surface area (Å²) < 4.78 is 130. The van der Waals surface area contributed by atoms with Crippen LogP contribution in [0.5, 0.6) is 12.0 Å². The molecule has 52 nitrogen and oxygen atoms in total. The molecule has 133 heavy (non-hydrogen) atoms. The van der Waals surface area contributed by atoms with Gasteiger partial charge in [0.2, 0.25) is 5.91 Å². The van der Waals surface area contributed by atoms with Gasteiger partial charge in [0.05, 0.1) is 171 Å². The number of hydrogen-bond donors (Lipinski definition) is 11. The molecule has 7 rings (SSSR count). The fourth-order valence-electron chi connectivity index (χ4n) is 9.24. The molecule has 5 heterocycles. The summed E-state index contributed by atoms with van der Waals surface area (Å²) in [7, 11) is -9.53. The van der Waals surface area contributed by atoms with Gasteiger partial charge in [0.1, 0.15) is 30.0 Å². The van der Waals surface area contributed by atoms with Crippen LogP contribution >= 0.6 is 42.4 Å². The second kappa shape index (κ2) is 84.1. The van der Waals surface area contributed by atoms with E-state index in [1.165, 1.54) is 15.8 Å². The molecule has 0 aliphatic rings. The molecule has 0 saturated carbocycles. The third-order valence-electron chi connectivity index (χ3n) is 14.8. The van der Waals surface area contributed by atoms with E-state index >= 15 is 0 Å². The second-order valence-electron chi connectivity index (χ2n) is 25.4. The number of ether oxygens (including phenoxy) is 13. The Morgan fingerprint density at radius 2 is 0.970 bits per heavy atom. The van der Waals surface area contributed by atoms with E-state index in [1.807, 2.05) is 48.5 Å². The van der Waals surface area contributed by atoms with Crippen molar-refractivity contribution in [2.75, 3.05) is 230 Å². The van der Waals surface area contributed by atoms with E-state index in [-0.39, 0.29) is 152 Å². The van der Waals surface area contributed by atoms with E-state index in [9.17, 15) is 37.4 Å². The second-order valence-corrected chi connectivity index (χ2v) is 32.2. The number of terminal acetylenes is 1. The number of benzene rings is 2. The number of carbonyl (C=O) groups is 2. The van der Waals surface area contributed by atoms with Gasteiger partial charge in [-0.2, -0.15) is 19.9 Å². The number of nitrogen functional groups attached to an aromatic ring is 2. The van der Waals surface area contributed by atoms with Crippen LogP contribution in [0.1, 0.15) is 61.1 Å². The number of H-pyrrole nitrogens is 2. The van der Waals surface area contributed by atoms with Crippen LogP contribution in [0.15, 0.2) is 74.5 Å². The molecule has 0 saturated heterocycles. The summed E-state index contributed by atoms with van der Waals surface area (Å²) in [6, 6.07) is 15.4. The molecule has 5 aromatic heterocycles. The number of carbonyl (C=O) groups excluding carboxylic acids is 3. The van der Waals surface area contributed by atoms with Gasteiger partial charge >= 0.3 is 92.9 Å². The number of anilines is 2. The molecule has 0 aliphatic heterocycles. The molecule has 0 spiro atoms. The van der Waals surface area contributed by atoms with Crippen molar-refractivity contribution in [2.45, 2.75) is 72.1 Å². The van der Waals surface area contributed by atoms with Crippen LogP contribution in [-0.2, 0) is 207 Å². The van der Waals surface area contributed by atoms with Gasteiger partial charge in [-0.25, -0.2) is 19.5 Å². The number of nitrogens with one attached hydrogen (secondary N) is 3.